The molecule has 0 saturated heterocycles. The summed E-state index contributed by atoms with van der Waals surface area (Å²) in [6, 6.07) is 9.33. The summed E-state index contributed by atoms with van der Waals surface area (Å²) < 4.78 is 31.6. The lowest BCUT2D eigenvalue weighted by molar-refractivity contribution is -0.117. The van der Waals surface area contributed by atoms with Crippen molar-refractivity contribution < 1.29 is 17.9 Å². The Balaban J connectivity index is 2.49. The van der Waals surface area contributed by atoms with Gasteiger partial charge in [-0.25, -0.2) is 8.42 Å². The Bertz CT molecular complexity index is 976. The highest BCUT2D eigenvalue weighted by atomic mass is 35.5. The standard InChI is InChI=1S/C20H25ClN2O4S/c1-6-17(20(24)22-16-9-7-13(2)11-14(16)3)23(28(5,25)26)18-12-15(21)8-10-19(18)27-4/h7-12,17H,6H2,1-5H3,(H,22,24)/t17-/m0/s1. The first-order chi connectivity index (χ1) is 13.1. The van der Waals surface area contributed by atoms with Crippen molar-refractivity contribution in [3.05, 3.63) is 52.5 Å². The maximum Gasteiger partial charge on any atom is 0.248 e. The number of carbonyl (C=O) groups excluding carboxylic acids is 1. The number of halogens is 1. The number of aryl methyl sites for hydroxylation is 2. The Kier molecular flexibility index (Phi) is 6.96. The quantitative estimate of drug-likeness (QED) is 0.724. The van der Waals surface area contributed by atoms with Crippen molar-refractivity contribution in [2.24, 2.45) is 0 Å². The molecule has 0 saturated carbocycles. The number of hydrogen-bond acceptors (Lipinski definition) is 4. The van der Waals surface area contributed by atoms with Gasteiger partial charge in [0.05, 0.1) is 19.1 Å². The second kappa shape index (κ2) is 8.84. The molecule has 0 spiro atoms. The van der Waals surface area contributed by atoms with Crippen molar-refractivity contribution >= 4 is 38.9 Å². The fourth-order valence-corrected chi connectivity index (χ4v) is 4.41. The number of ether oxygens (including phenoxy) is 1. The smallest absolute Gasteiger partial charge is 0.248 e. The third kappa shape index (κ3) is 4.97. The van der Waals surface area contributed by atoms with Crippen LogP contribution in [0.5, 0.6) is 5.75 Å². The molecular weight excluding hydrogens is 400 g/mol. The molecule has 0 aliphatic heterocycles. The lowest BCUT2D eigenvalue weighted by Gasteiger charge is -2.31. The number of amides is 1. The molecule has 0 bridgehead atoms. The Morgan fingerprint density at radius 3 is 2.43 bits per heavy atom. The van der Waals surface area contributed by atoms with Gasteiger partial charge in [0.15, 0.2) is 0 Å². The molecule has 0 aromatic heterocycles. The van der Waals surface area contributed by atoms with Gasteiger partial charge in [-0.05, 0) is 50.1 Å². The van der Waals surface area contributed by atoms with E-state index in [1.807, 2.05) is 26.0 Å². The minimum atomic E-state index is -3.80. The van der Waals surface area contributed by atoms with Gasteiger partial charge < -0.3 is 10.1 Å². The van der Waals surface area contributed by atoms with E-state index in [-0.39, 0.29) is 12.1 Å². The molecule has 1 N–H and O–H groups in total. The molecule has 2 rings (SSSR count). The number of sulfonamides is 1. The van der Waals surface area contributed by atoms with Crippen LogP contribution in [0.1, 0.15) is 24.5 Å². The lowest BCUT2D eigenvalue weighted by Crippen LogP contribution is -2.47. The topological polar surface area (TPSA) is 75.7 Å². The zero-order chi connectivity index (χ0) is 21.1. The van der Waals surface area contributed by atoms with E-state index >= 15 is 0 Å². The molecule has 152 valence electrons. The molecule has 0 heterocycles. The van der Waals surface area contributed by atoms with E-state index in [1.54, 1.807) is 25.1 Å². The van der Waals surface area contributed by atoms with Crippen LogP contribution in [0.2, 0.25) is 5.02 Å². The largest absolute Gasteiger partial charge is 0.495 e. The summed E-state index contributed by atoms with van der Waals surface area (Å²) in [5, 5.41) is 3.19. The van der Waals surface area contributed by atoms with Gasteiger partial charge in [-0.15, -0.1) is 0 Å². The third-order valence-electron chi connectivity index (χ3n) is 4.35. The molecular formula is C20H25ClN2O4S. The summed E-state index contributed by atoms with van der Waals surface area (Å²) in [5.41, 5.74) is 2.83. The second-order valence-electron chi connectivity index (χ2n) is 6.61. The molecule has 1 amide bonds. The molecule has 1 atom stereocenters. The van der Waals surface area contributed by atoms with Gasteiger partial charge >= 0.3 is 0 Å². The van der Waals surface area contributed by atoms with E-state index in [0.29, 0.717) is 16.5 Å². The lowest BCUT2D eigenvalue weighted by atomic mass is 10.1. The normalized spacial score (nSPS) is 12.4. The number of rotatable bonds is 7. The van der Waals surface area contributed by atoms with E-state index in [9.17, 15) is 13.2 Å². The van der Waals surface area contributed by atoms with Crippen molar-refractivity contribution in [1.29, 1.82) is 0 Å². The van der Waals surface area contributed by atoms with Crippen LogP contribution in [0, 0.1) is 13.8 Å². The number of carbonyl (C=O) groups is 1. The number of hydrogen-bond donors (Lipinski definition) is 1. The molecule has 0 unspecified atom stereocenters. The molecule has 2 aromatic carbocycles. The molecule has 0 aliphatic rings. The zero-order valence-electron chi connectivity index (χ0n) is 16.6. The molecule has 0 radical (unpaired) electrons. The first kappa shape index (κ1) is 22.0. The highest BCUT2D eigenvalue weighted by molar-refractivity contribution is 7.92. The summed E-state index contributed by atoms with van der Waals surface area (Å²) in [6.07, 6.45) is 1.32. The van der Waals surface area contributed by atoms with Gasteiger partial charge in [0.1, 0.15) is 11.8 Å². The number of nitrogens with one attached hydrogen (secondary N) is 1. The molecule has 28 heavy (non-hydrogen) atoms. The predicted molar refractivity (Wildman–Crippen MR) is 114 cm³/mol. The van der Waals surface area contributed by atoms with E-state index in [4.69, 9.17) is 16.3 Å². The highest BCUT2D eigenvalue weighted by Gasteiger charge is 2.33. The Hall–Kier alpha value is -2.25. The van der Waals surface area contributed by atoms with Crippen LogP contribution in [-0.4, -0.2) is 33.7 Å². The van der Waals surface area contributed by atoms with E-state index in [1.165, 1.54) is 13.2 Å². The summed E-state index contributed by atoms with van der Waals surface area (Å²) in [6.45, 7) is 5.60. The van der Waals surface area contributed by atoms with Gasteiger partial charge in [-0.3, -0.25) is 9.10 Å². The van der Waals surface area contributed by atoms with Crippen molar-refractivity contribution in [2.75, 3.05) is 23.0 Å². The summed E-state index contributed by atoms with van der Waals surface area (Å²) >= 11 is 6.08. The van der Waals surface area contributed by atoms with Crippen LogP contribution >= 0.6 is 11.6 Å². The minimum absolute atomic E-state index is 0.222. The number of methoxy groups -OCH3 is 1. The van der Waals surface area contributed by atoms with Crippen molar-refractivity contribution in [2.45, 2.75) is 33.2 Å². The SMILES string of the molecule is CC[C@@H](C(=O)Nc1ccc(C)cc1C)N(c1cc(Cl)ccc1OC)S(C)(=O)=O. The number of nitrogens with zero attached hydrogens (tertiary/aromatic N) is 1. The van der Waals surface area contributed by atoms with E-state index in [2.05, 4.69) is 5.32 Å². The fourth-order valence-electron chi connectivity index (χ4n) is 3.04. The molecule has 2 aromatic rings. The van der Waals surface area contributed by atoms with Gasteiger partial charge in [0, 0.05) is 10.7 Å². The molecule has 6 nitrogen and oxygen atoms in total. The molecule has 0 fully saturated rings. The van der Waals surface area contributed by atoms with Crippen LogP contribution in [0.15, 0.2) is 36.4 Å². The Morgan fingerprint density at radius 2 is 1.89 bits per heavy atom. The Labute approximate surface area is 171 Å². The molecule has 0 aliphatic carbocycles. The van der Waals surface area contributed by atoms with Gasteiger partial charge in [0.2, 0.25) is 15.9 Å². The van der Waals surface area contributed by atoms with Gasteiger partial charge in [-0.1, -0.05) is 36.2 Å². The maximum absolute atomic E-state index is 13.0. The van der Waals surface area contributed by atoms with Crippen LogP contribution < -0.4 is 14.4 Å². The van der Waals surface area contributed by atoms with Crippen LogP contribution in [0.3, 0.4) is 0 Å². The van der Waals surface area contributed by atoms with Crippen molar-refractivity contribution in [3.8, 4) is 5.75 Å². The summed E-state index contributed by atoms with van der Waals surface area (Å²) in [5.74, 6) is -0.116. The van der Waals surface area contributed by atoms with Gasteiger partial charge in [0.25, 0.3) is 0 Å². The molecule has 8 heteroatoms. The van der Waals surface area contributed by atoms with Crippen LogP contribution in [-0.2, 0) is 14.8 Å². The van der Waals surface area contributed by atoms with Crippen molar-refractivity contribution in [3.63, 3.8) is 0 Å². The maximum atomic E-state index is 13.0. The highest BCUT2D eigenvalue weighted by Crippen LogP contribution is 2.35. The number of anilines is 2. The average Bonchev–Trinajstić information content (AvgIpc) is 2.60. The summed E-state index contributed by atoms with van der Waals surface area (Å²) in [7, 11) is -2.36. The Morgan fingerprint density at radius 1 is 1.21 bits per heavy atom. The van der Waals surface area contributed by atoms with E-state index < -0.39 is 22.0 Å². The first-order valence-corrected chi connectivity index (χ1v) is 11.0. The first-order valence-electron chi connectivity index (χ1n) is 8.79. The monoisotopic (exact) mass is 424 g/mol. The van der Waals surface area contributed by atoms with Crippen molar-refractivity contribution in [1.82, 2.24) is 0 Å². The van der Waals surface area contributed by atoms with Gasteiger partial charge in [-0.2, -0.15) is 0 Å². The van der Waals surface area contributed by atoms with Crippen LogP contribution in [0.25, 0.3) is 0 Å². The van der Waals surface area contributed by atoms with Crippen LogP contribution in [0.4, 0.5) is 11.4 Å². The fraction of sp³-hybridized carbons (Fsp3) is 0.350. The minimum Gasteiger partial charge on any atom is -0.495 e. The number of benzene rings is 2. The predicted octanol–water partition coefficient (Wildman–Crippen LogP) is 4.15. The average molecular weight is 425 g/mol. The zero-order valence-corrected chi connectivity index (χ0v) is 18.2. The van der Waals surface area contributed by atoms with E-state index in [0.717, 1.165) is 21.7 Å². The summed E-state index contributed by atoms with van der Waals surface area (Å²) in [4.78, 5) is 13.0. The third-order valence-corrected chi connectivity index (χ3v) is 5.75. The second-order valence-corrected chi connectivity index (χ2v) is 8.90.